The van der Waals surface area contributed by atoms with E-state index in [1.165, 1.54) is 25.7 Å². The van der Waals surface area contributed by atoms with E-state index in [-0.39, 0.29) is 0 Å². The topological polar surface area (TPSA) is 40.5 Å². The van der Waals surface area contributed by atoms with Gasteiger partial charge in [0.05, 0.1) is 11.3 Å². The third kappa shape index (κ3) is 2.30. The van der Waals surface area contributed by atoms with E-state index in [0.29, 0.717) is 5.56 Å². The van der Waals surface area contributed by atoms with Crippen LogP contribution in [0.2, 0.25) is 0 Å². The van der Waals surface area contributed by atoms with Crippen molar-refractivity contribution >= 4 is 11.7 Å². The SMILES string of the molecule is Cc1cccc(C(=O)O)c1N(C)CC1CC2CCC1C2. The van der Waals surface area contributed by atoms with Gasteiger partial charge in [-0.2, -0.15) is 0 Å². The van der Waals surface area contributed by atoms with Crippen LogP contribution in [0.25, 0.3) is 0 Å². The highest BCUT2D eigenvalue weighted by Crippen LogP contribution is 2.48. The van der Waals surface area contributed by atoms with E-state index in [1.807, 2.05) is 26.1 Å². The van der Waals surface area contributed by atoms with E-state index in [9.17, 15) is 9.90 Å². The molecule has 0 saturated heterocycles. The molecule has 0 amide bonds. The minimum atomic E-state index is -0.830. The maximum Gasteiger partial charge on any atom is 0.337 e. The summed E-state index contributed by atoms with van der Waals surface area (Å²) in [4.78, 5) is 13.6. The van der Waals surface area contributed by atoms with Gasteiger partial charge in [0.25, 0.3) is 0 Å². The van der Waals surface area contributed by atoms with Crippen molar-refractivity contribution in [2.24, 2.45) is 17.8 Å². The third-order valence-electron chi connectivity index (χ3n) is 5.24. The highest BCUT2D eigenvalue weighted by molar-refractivity contribution is 5.95. The van der Waals surface area contributed by atoms with Gasteiger partial charge in [0.2, 0.25) is 0 Å². The van der Waals surface area contributed by atoms with Crippen LogP contribution < -0.4 is 4.90 Å². The van der Waals surface area contributed by atoms with Gasteiger partial charge >= 0.3 is 5.97 Å². The highest BCUT2D eigenvalue weighted by Gasteiger charge is 2.39. The number of carboxylic acids is 1. The molecule has 0 aromatic heterocycles. The number of anilines is 1. The molecule has 1 aromatic carbocycles. The number of rotatable bonds is 4. The lowest BCUT2D eigenvalue weighted by molar-refractivity contribution is 0.0697. The molecular weight excluding hydrogens is 250 g/mol. The van der Waals surface area contributed by atoms with Gasteiger partial charge in [0, 0.05) is 13.6 Å². The molecule has 0 heterocycles. The number of hydrogen-bond donors (Lipinski definition) is 1. The van der Waals surface area contributed by atoms with Gasteiger partial charge in [-0.3, -0.25) is 0 Å². The van der Waals surface area contributed by atoms with Gasteiger partial charge in [0.1, 0.15) is 0 Å². The van der Waals surface area contributed by atoms with Crippen molar-refractivity contribution in [1.29, 1.82) is 0 Å². The first kappa shape index (κ1) is 13.5. The Morgan fingerprint density at radius 3 is 2.75 bits per heavy atom. The molecule has 3 unspecified atom stereocenters. The fraction of sp³-hybridized carbons (Fsp3) is 0.588. The van der Waals surface area contributed by atoms with E-state index in [2.05, 4.69) is 4.90 Å². The summed E-state index contributed by atoms with van der Waals surface area (Å²) in [5.41, 5.74) is 2.37. The summed E-state index contributed by atoms with van der Waals surface area (Å²) in [5, 5.41) is 9.38. The van der Waals surface area contributed by atoms with Gasteiger partial charge in [-0.1, -0.05) is 18.6 Å². The number of nitrogens with zero attached hydrogens (tertiary/aromatic N) is 1. The summed E-state index contributed by atoms with van der Waals surface area (Å²) < 4.78 is 0. The molecule has 1 aromatic rings. The predicted octanol–water partition coefficient (Wildman–Crippen LogP) is 3.57. The van der Waals surface area contributed by atoms with Crippen LogP contribution in [0.15, 0.2) is 18.2 Å². The maximum atomic E-state index is 11.4. The average Bonchev–Trinajstić information content (AvgIpc) is 3.00. The summed E-state index contributed by atoms with van der Waals surface area (Å²) in [5.74, 6) is 1.73. The molecule has 3 heteroatoms. The highest BCUT2D eigenvalue weighted by atomic mass is 16.4. The molecule has 0 radical (unpaired) electrons. The molecule has 2 bridgehead atoms. The lowest BCUT2D eigenvalue weighted by Gasteiger charge is -2.30. The van der Waals surface area contributed by atoms with Crippen molar-refractivity contribution in [3.8, 4) is 0 Å². The van der Waals surface area contributed by atoms with E-state index in [4.69, 9.17) is 0 Å². The van der Waals surface area contributed by atoms with E-state index < -0.39 is 5.97 Å². The fourth-order valence-corrected chi connectivity index (χ4v) is 4.38. The van der Waals surface area contributed by atoms with Crippen molar-refractivity contribution < 1.29 is 9.90 Å². The molecule has 0 spiro atoms. The summed E-state index contributed by atoms with van der Waals surface area (Å²) in [6, 6.07) is 5.54. The van der Waals surface area contributed by atoms with E-state index >= 15 is 0 Å². The van der Waals surface area contributed by atoms with Crippen LogP contribution >= 0.6 is 0 Å². The molecule has 1 N–H and O–H groups in total. The predicted molar refractivity (Wildman–Crippen MR) is 80.3 cm³/mol. The first-order chi connectivity index (χ1) is 9.56. The van der Waals surface area contributed by atoms with Crippen LogP contribution in [-0.4, -0.2) is 24.7 Å². The van der Waals surface area contributed by atoms with Crippen molar-refractivity contribution in [2.75, 3.05) is 18.5 Å². The molecule has 2 fully saturated rings. The molecule has 3 rings (SSSR count). The number of carboxylic acid groups (broad SMARTS) is 1. The molecule has 0 aliphatic heterocycles. The Labute approximate surface area is 120 Å². The molecule has 3 nitrogen and oxygen atoms in total. The van der Waals surface area contributed by atoms with Gasteiger partial charge in [-0.05, 0) is 55.6 Å². The number of para-hydroxylation sites is 1. The Bertz CT molecular complexity index is 526. The van der Waals surface area contributed by atoms with Crippen LogP contribution in [0, 0.1) is 24.7 Å². The van der Waals surface area contributed by atoms with Crippen LogP contribution in [0.5, 0.6) is 0 Å². The zero-order chi connectivity index (χ0) is 14.3. The molecular formula is C17H23NO2. The average molecular weight is 273 g/mol. The molecule has 2 saturated carbocycles. The number of benzene rings is 1. The Kier molecular flexibility index (Phi) is 3.45. The summed E-state index contributed by atoms with van der Waals surface area (Å²) in [7, 11) is 2.04. The van der Waals surface area contributed by atoms with Crippen molar-refractivity contribution in [2.45, 2.75) is 32.6 Å². The Morgan fingerprint density at radius 2 is 2.15 bits per heavy atom. The van der Waals surface area contributed by atoms with Gasteiger partial charge in [-0.25, -0.2) is 4.79 Å². The first-order valence-corrected chi connectivity index (χ1v) is 7.60. The molecule has 3 atom stereocenters. The van der Waals surface area contributed by atoms with Crippen molar-refractivity contribution in [1.82, 2.24) is 0 Å². The van der Waals surface area contributed by atoms with Gasteiger partial charge in [0.15, 0.2) is 0 Å². The van der Waals surface area contributed by atoms with E-state index in [0.717, 1.165) is 35.5 Å². The zero-order valence-corrected chi connectivity index (χ0v) is 12.3. The molecule has 20 heavy (non-hydrogen) atoms. The number of carbonyl (C=O) groups is 1. The molecule has 2 aliphatic rings. The number of fused-ring (bicyclic) bond motifs is 2. The smallest absolute Gasteiger partial charge is 0.337 e. The van der Waals surface area contributed by atoms with E-state index in [1.54, 1.807) is 6.07 Å². The number of hydrogen-bond acceptors (Lipinski definition) is 2. The largest absolute Gasteiger partial charge is 0.478 e. The van der Waals surface area contributed by atoms with Crippen LogP contribution in [0.4, 0.5) is 5.69 Å². The lowest BCUT2D eigenvalue weighted by Crippen LogP contribution is -2.30. The Balaban J connectivity index is 1.80. The first-order valence-electron chi connectivity index (χ1n) is 7.60. The fourth-order valence-electron chi connectivity index (χ4n) is 4.38. The van der Waals surface area contributed by atoms with Gasteiger partial charge < -0.3 is 10.0 Å². The normalized spacial score (nSPS) is 27.8. The molecule has 108 valence electrons. The second-order valence-corrected chi connectivity index (χ2v) is 6.59. The third-order valence-corrected chi connectivity index (χ3v) is 5.24. The Morgan fingerprint density at radius 1 is 1.35 bits per heavy atom. The second kappa shape index (κ2) is 5.12. The summed E-state index contributed by atoms with van der Waals surface area (Å²) in [6.07, 6.45) is 5.53. The maximum absolute atomic E-state index is 11.4. The standard InChI is InChI=1S/C17H23NO2/c1-11-4-3-5-15(17(19)20)16(11)18(2)10-14-9-12-6-7-13(14)8-12/h3-5,12-14H,6-10H2,1-2H3,(H,19,20). The summed E-state index contributed by atoms with van der Waals surface area (Å²) in [6.45, 7) is 2.99. The van der Waals surface area contributed by atoms with Crippen LogP contribution in [-0.2, 0) is 0 Å². The number of aryl methyl sites for hydroxylation is 1. The monoisotopic (exact) mass is 273 g/mol. The van der Waals surface area contributed by atoms with Crippen molar-refractivity contribution in [3.63, 3.8) is 0 Å². The second-order valence-electron chi connectivity index (χ2n) is 6.59. The quantitative estimate of drug-likeness (QED) is 0.911. The number of aromatic carboxylic acids is 1. The minimum Gasteiger partial charge on any atom is -0.478 e. The van der Waals surface area contributed by atoms with Crippen LogP contribution in [0.3, 0.4) is 0 Å². The Hall–Kier alpha value is -1.51. The zero-order valence-electron chi connectivity index (χ0n) is 12.3. The van der Waals surface area contributed by atoms with Crippen LogP contribution in [0.1, 0.15) is 41.6 Å². The van der Waals surface area contributed by atoms with Crippen molar-refractivity contribution in [3.05, 3.63) is 29.3 Å². The summed E-state index contributed by atoms with van der Waals surface area (Å²) >= 11 is 0. The molecule has 2 aliphatic carbocycles. The minimum absolute atomic E-state index is 0.427. The van der Waals surface area contributed by atoms with Gasteiger partial charge in [-0.15, -0.1) is 0 Å². The lowest BCUT2D eigenvalue weighted by atomic mass is 9.88.